The fourth-order valence-electron chi connectivity index (χ4n) is 3.88. The number of amides is 2. The van der Waals surface area contributed by atoms with Crippen molar-refractivity contribution >= 4 is 17.7 Å². The number of carbonyl (C=O) groups is 2. The molecule has 1 saturated heterocycles. The van der Waals surface area contributed by atoms with Gasteiger partial charge in [0.15, 0.2) is 0 Å². The van der Waals surface area contributed by atoms with Gasteiger partial charge in [-0.25, -0.2) is 4.79 Å². The summed E-state index contributed by atoms with van der Waals surface area (Å²) >= 11 is 0. The van der Waals surface area contributed by atoms with E-state index in [0.29, 0.717) is 0 Å². The van der Waals surface area contributed by atoms with Crippen LogP contribution >= 0.6 is 0 Å². The maximum absolute atomic E-state index is 13.0. The largest absolute Gasteiger partial charge is 0.868 e. The van der Waals surface area contributed by atoms with Crippen LogP contribution in [0.1, 0.15) is 56.6 Å². The van der Waals surface area contributed by atoms with Gasteiger partial charge >= 0.3 is 12.0 Å². The van der Waals surface area contributed by atoms with Crippen molar-refractivity contribution in [1.29, 1.82) is 0 Å². The van der Waals surface area contributed by atoms with Crippen molar-refractivity contribution in [3.63, 3.8) is 0 Å². The summed E-state index contributed by atoms with van der Waals surface area (Å²) in [5.41, 5.74) is -0.191. The van der Waals surface area contributed by atoms with Crippen LogP contribution in [0.3, 0.4) is 0 Å². The van der Waals surface area contributed by atoms with Gasteiger partial charge in [-0.3, -0.25) is 14.9 Å². The summed E-state index contributed by atoms with van der Waals surface area (Å²) in [6, 6.07) is 2.01. The number of nitrogens with zero attached hydrogens (tertiary/aromatic N) is 1. The number of benzene rings is 1. The molecule has 1 aliphatic heterocycles. The third-order valence-electron chi connectivity index (χ3n) is 5.40. The first-order valence-electron chi connectivity index (χ1n) is 9.79. The summed E-state index contributed by atoms with van der Waals surface area (Å²) in [5, 5.41) is 27.9. The second-order valence-corrected chi connectivity index (χ2v) is 7.47. The van der Waals surface area contributed by atoms with E-state index in [0.717, 1.165) is 50.7 Å². The summed E-state index contributed by atoms with van der Waals surface area (Å²) in [5.74, 6) is -2.26. The van der Waals surface area contributed by atoms with Crippen molar-refractivity contribution in [2.75, 3.05) is 0 Å². The van der Waals surface area contributed by atoms with Gasteiger partial charge in [0.2, 0.25) is 0 Å². The monoisotopic (exact) mass is 402 g/mol. The van der Waals surface area contributed by atoms with E-state index < -0.39 is 40.3 Å². The smallest absolute Gasteiger partial charge is 0.319 e. The number of hydrogen-bond donors (Lipinski definition) is 2. The highest BCUT2D eigenvalue weighted by atomic mass is 16.6. The highest BCUT2D eigenvalue weighted by Gasteiger charge is 2.40. The number of nitro benzene ring substituents is 1. The van der Waals surface area contributed by atoms with Gasteiger partial charge in [0.25, 0.3) is 5.69 Å². The third kappa shape index (κ3) is 4.85. The molecule has 0 spiro atoms. The van der Waals surface area contributed by atoms with Crippen LogP contribution in [0.5, 0.6) is 5.75 Å². The maximum Gasteiger partial charge on any atom is 0.319 e. The number of nitro groups is 1. The minimum Gasteiger partial charge on any atom is -0.868 e. The Kier molecular flexibility index (Phi) is 6.36. The van der Waals surface area contributed by atoms with E-state index in [4.69, 9.17) is 4.74 Å². The molecule has 1 aromatic rings. The first kappa shape index (κ1) is 20.6. The molecule has 156 valence electrons. The zero-order valence-corrected chi connectivity index (χ0v) is 16.0. The summed E-state index contributed by atoms with van der Waals surface area (Å²) in [7, 11) is 0. The predicted molar refractivity (Wildman–Crippen MR) is 102 cm³/mol. The van der Waals surface area contributed by atoms with Crippen LogP contribution in [-0.2, 0) is 9.53 Å². The van der Waals surface area contributed by atoms with Crippen molar-refractivity contribution in [2.24, 2.45) is 5.92 Å². The molecular formula is C20H24N3O6-. The molecule has 2 unspecified atom stereocenters. The molecule has 2 fully saturated rings. The van der Waals surface area contributed by atoms with Gasteiger partial charge in [0, 0.05) is 11.8 Å². The molecule has 0 aromatic heterocycles. The molecule has 0 radical (unpaired) electrons. The van der Waals surface area contributed by atoms with E-state index >= 15 is 0 Å². The van der Waals surface area contributed by atoms with Crippen molar-refractivity contribution in [3.05, 3.63) is 46.2 Å². The number of esters is 1. The lowest BCUT2D eigenvalue weighted by atomic mass is 9.88. The molecule has 1 aliphatic carbocycles. The van der Waals surface area contributed by atoms with E-state index in [2.05, 4.69) is 17.2 Å². The predicted octanol–water partition coefficient (Wildman–Crippen LogP) is 2.81. The van der Waals surface area contributed by atoms with Crippen molar-refractivity contribution in [1.82, 2.24) is 10.6 Å². The molecule has 2 amide bonds. The molecule has 1 heterocycles. The number of nitrogens with one attached hydrogen (secondary N) is 2. The van der Waals surface area contributed by atoms with Crippen molar-refractivity contribution < 1.29 is 24.4 Å². The molecule has 3 rings (SSSR count). The Labute approximate surface area is 168 Å². The van der Waals surface area contributed by atoms with Crippen molar-refractivity contribution in [2.45, 2.75) is 57.1 Å². The molecule has 1 aromatic carbocycles. The number of rotatable bonds is 4. The molecule has 2 N–H and O–H groups in total. The van der Waals surface area contributed by atoms with Gasteiger partial charge in [-0.2, -0.15) is 0 Å². The Hall–Kier alpha value is -3.10. The maximum atomic E-state index is 13.0. The first-order valence-corrected chi connectivity index (χ1v) is 9.79. The Morgan fingerprint density at radius 1 is 1.17 bits per heavy atom. The molecule has 2 atom stereocenters. The fraction of sp³-hybridized carbons (Fsp3) is 0.500. The van der Waals surface area contributed by atoms with Crippen LogP contribution in [0.25, 0.3) is 0 Å². The first-order chi connectivity index (χ1) is 13.9. The molecule has 1 saturated carbocycles. The second-order valence-electron chi connectivity index (χ2n) is 7.47. The standard InChI is InChI=1S/C20H25N3O6/c1-12-17(19(25)29-14-7-5-3-2-4-6-8-14)18(22-20(26)21-12)13-9-10-16(24)15(11-13)23(27)28/h9-11,14,17-18,24H,1-8H2,(H2,21,22,26)/p-1. The summed E-state index contributed by atoms with van der Waals surface area (Å²) in [6.07, 6.45) is 6.74. The molecule has 29 heavy (non-hydrogen) atoms. The summed E-state index contributed by atoms with van der Waals surface area (Å²) in [4.78, 5) is 35.3. The third-order valence-corrected chi connectivity index (χ3v) is 5.40. The zero-order chi connectivity index (χ0) is 21.0. The van der Waals surface area contributed by atoms with Crippen LogP contribution in [0.15, 0.2) is 30.5 Å². The van der Waals surface area contributed by atoms with Crippen LogP contribution in [0.2, 0.25) is 0 Å². The van der Waals surface area contributed by atoms with Gasteiger partial charge < -0.3 is 20.5 Å². The minimum atomic E-state index is -0.963. The summed E-state index contributed by atoms with van der Waals surface area (Å²) < 4.78 is 5.74. The molecule has 2 aliphatic rings. The topological polar surface area (TPSA) is 134 Å². The Bertz CT molecular complexity index is 816. The molecule has 0 bridgehead atoms. The SMILES string of the molecule is C=C1NC(=O)NC(c2ccc([O-])c([N+](=O)[O-])c2)C1C(=O)OC1CCCCCCC1. The van der Waals surface area contributed by atoms with Gasteiger partial charge in [-0.1, -0.05) is 38.0 Å². The van der Waals surface area contributed by atoms with E-state index in [1.165, 1.54) is 12.5 Å². The highest BCUT2D eigenvalue weighted by Crippen LogP contribution is 2.35. The quantitative estimate of drug-likeness (QED) is 0.452. The Balaban J connectivity index is 1.85. The minimum absolute atomic E-state index is 0.156. The lowest BCUT2D eigenvalue weighted by Crippen LogP contribution is -2.51. The van der Waals surface area contributed by atoms with E-state index in [1.54, 1.807) is 0 Å². The molecule has 9 heteroatoms. The van der Waals surface area contributed by atoms with Crippen molar-refractivity contribution in [3.8, 4) is 5.75 Å². The van der Waals surface area contributed by atoms with Crippen LogP contribution in [0.4, 0.5) is 10.5 Å². The lowest BCUT2D eigenvalue weighted by Gasteiger charge is -2.34. The highest BCUT2D eigenvalue weighted by molar-refractivity contribution is 5.85. The Morgan fingerprint density at radius 2 is 1.83 bits per heavy atom. The van der Waals surface area contributed by atoms with Crippen LogP contribution < -0.4 is 15.7 Å². The number of carbonyl (C=O) groups excluding carboxylic acids is 2. The number of ether oxygens (including phenoxy) is 1. The average molecular weight is 402 g/mol. The van der Waals surface area contributed by atoms with E-state index in [-0.39, 0.29) is 17.4 Å². The van der Waals surface area contributed by atoms with Gasteiger partial charge in [-0.05, 0) is 37.0 Å². The molecule has 9 nitrogen and oxygen atoms in total. The van der Waals surface area contributed by atoms with Crippen LogP contribution in [-0.4, -0.2) is 23.0 Å². The normalized spacial score (nSPS) is 23.3. The van der Waals surface area contributed by atoms with E-state index in [9.17, 15) is 24.8 Å². The van der Waals surface area contributed by atoms with E-state index in [1.807, 2.05) is 0 Å². The van der Waals surface area contributed by atoms with Gasteiger partial charge in [0.1, 0.15) is 12.0 Å². The van der Waals surface area contributed by atoms with Gasteiger partial charge in [-0.15, -0.1) is 0 Å². The average Bonchev–Trinajstić information content (AvgIpc) is 2.63. The van der Waals surface area contributed by atoms with Crippen LogP contribution in [0, 0.1) is 16.0 Å². The lowest BCUT2D eigenvalue weighted by molar-refractivity contribution is -0.398. The van der Waals surface area contributed by atoms with Gasteiger partial charge in [0.05, 0.1) is 11.0 Å². The fourth-order valence-corrected chi connectivity index (χ4v) is 3.88. The summed E-state index contributed by atoms with van der Waals surface area (Å²) in [6.45, 7) is 3.78. The molecular weight excluding hydrogens is 378 g/mol. The second kappa shape index (κ2) is 8.93. The number of hydrogen-bond acceptors (Lipinski definition) is 6. The number of urea groups is 1. The zero-order valence-electron chi connectivity index (χ0n) is 16.0. The Morgan fingerprint density at radius 3 is 2.48 bits per heavy atom.